The largest absolute Gasteiger partial charge is 0.206 e. The average Bonchev–Trinajstić information content (AvgIpc) is 2.64. The van der Waals surface area contributed by atoms with E-state index in [0.717, 1.165) is 12.0 Å². The van der Waals surface area contributed by atoms with E-state index < -0.39 is 17.5 Å². The fourth-order valence-corrected chi connectivity index (χ4v) is 3.01. The summed E-state index contributed by atoms with van der Waals surface area (Å²) in [5.74, 6) is -2.84. The minimum Gasteiger partial charge on any atom is -0.206 e. The summed E-state index contributed by atoms with van der Waals surface area (Å²) in [5.41, 5.74) is 2.20. The summed E-state index contributed by atoms with van der Waals surface area (Å²) in [4.78, 5) is 0. The van der Waals surface area contributed by atoms with Crippen molar-refractivity contribution in [1.82, 2.24) is 0 Å². The lowest BCUT2D eigenvalue weighted by Gasteiger charge is -2.11. The van der Waals surface area contributed by atoms with Crippen LogP contribution in [0, 0.1) is 17.5 Å². The third-order valence-corrected chi connectivity index (χ3v) is 4.49. The maximum Gasteiger partial charge on any atom is 0.170 e. The van der Waals surface area contributed by atoms with Crippen LogP contribution in [0.5, 0.6) is 0 Å². The van der Waals surface area contributed by atoms with E-state index >= 15 is 0 Å². The Bertz CT molecular complexity index is 924. The summed E-state index contributed by atoms with van der Waals surface area (Å²) in [7, 11) is 0. The number of fused-ring (bicyclic) bond motifs is 1. The first-order chi connectivity index (χ1) is 12.1. The molecule has 3 rings (SSSR count). The van der Waals surface area contributed by atoms with E-state index in [1.54, 1.807) is 30.3 Å². The van der Waals surface area contributed by atoms with Crippen molar-refractivity contribution < 1.29 is 13.2 Å². The van der Waals surface area contributed by atoms with Gasteiger partial charge in [-0.2, -0.15) is 0 Å². The zero-order chi connectivity index (χ0) is 18.0. The molecule has 0 atom stereocenters. The molecule has 0 fully saturated rings. The van der Waals surface area contributed by atoms with Gasteiger partial charge in [-0.3, -0.25) is 0 Å². The standard InChI is InChI=1S/C22H19F3/c1-3-5-6-16-11-12-17-13-18(15-9-7-14(4-2)8-10-15)21(24)22(25)19(17)20(16)23/h3,7-13H,1,4-6H2,2H3. The van der Waals surface area contributed by atoms with Crippen molar-refractivity contribution in [2.24, 2.45) is 0 Å². The zero-order valence-corrected chi connectivity index (χ0v) is 14.1. The maximum atomic E-state index is 14.6. The molecule has 0 spiro atoms. The Labute approximate surface area is 145 Å². The molecule has 128 valence electrons. The molecule has 0 aliphatic heterocycles. The Balaban J connectivity index is 2.16. The molecule has 0 bridgehead atoms. The van der Waals surface area contributed by atoms with E-state index in [1.807, 2.05) is 19.1 Å². The second-order valence-electron chi connectivity index (χ2n) is 6.07. The Morgan fingerprint density at radius 1 is 0.920 bits per heavy atom. The lowest BCUT2D eigenvalue weighted by Crippen LogP contribution is -1.98. The van der Waals surface area contributed by atoms with E-state index in [4.69, 9.17) is 0 Å². The van der Waals surface area contributed by atoms with Crippen molar-refractivity contribution >= 4 is 10.8 Å². The van der Waals surface area contributed by atoms with Gasteiger partial charge in [-0.25, -0.2) is 13.2 Å². The van der Waals surface area contributed by atoms with Gasteiger partial charge in [0.2, 0.25) is 0 Å². The van der Waals surface area contributed by atoms with Crippen LogP contribution in [0.3, 0.4) is 0 Å². The van der Waals surface area contributed by atoms with E-state index in [1.165, 1.54) is 6.07 Å². The normalized spacial score (nSPS) is 11.0. The molecular formula is C22H19F3. The maximum absolute atomic E-state index is 14.6. The van der Waals surface area contributed by atoms with Crippen molar-refractivity contribution in [3.8, 4) is 11.1 Å². The van der Waals surface area contributed by atoms with Gasteiger partial charge in [-0.1, -0.05) is 49.4 Å². The van der Waals surface area contributed by atoms with Crippen molar-refractivity contribution in [1.29, 1.82) is 0 Å². The third kappa shape index (κ3) is 3.19. The molecule has 3 aromatic rings. The lowest BCUT2D eigenvalue weighted by atomic mass is 9.96. The van der Waals surface area contributed by atoms with Gasteiger partial charge in [0, 0.05) is 5.56 Å². The Morgan fingerprint density at radius 3 is 2.28 bits per heavy atom. The molecule has 0 amide bonds. The number of allylic oxidation sites excluding steroid dienone is 1. The fraction of sp³-hybridized carbons (Fsp3) is 0.182. The van der Waals surface area contributed by atoms with E-state index in [9.17, 15) is 13.2 Å². The van der Waals surface area contributed by atoms with Crippen LogP contribution in [0.1, 0.15) is 24.5 Å². The lowest BCUT2D eigenvalue weighted by molar-refractivity contribution is 0.513. The Morgan fingerprint density at radius 2 is 1.64 bits per heavy atom. The Hall–Kier alpha value is -2.55. The zero-order valence-electron chi connectivity index (χ0n) is 14.1. The predicted molar refractivity (Wildman–Crippen MR) is 97.2 cm³/mol. The highest BCUT2D eigenvalue weighted by molar-refractivity contribution is 5.89. The molecule has 0 radical (unpaired) electrons. The first-order valence-electron chi connectivity index (χ1n) is 8.36. The topological polar surface area (TPSA) is 0 Å². The summed E-state index contributed by atoms with van der Waals surface area (Å²) in [6, 6.07) is 12.1. The molecule has 0 heterocycles. The molecule has 0 aromatic heterocycles. The number of halogens is 3. The molecule has 0 saturated heterocycles. The minimum atomic E-state index is -1.13. The molecule has 25 heavy (non-hydrogen) atoms. The SMILES string of the molecule is C=CCCc1ccc2cc(-c3ccc(CC)cc3)c(F)c(F)c2c1F. The van der Waals surface area contributed by atoms with Crippen LogP contribution in [-0.2, 0) is 12.8 Å². The monoisotopic (exact) mass is 340 g/mol. The summed E-state index contributed by atoms with van der Waals surface area (Å²) in [6.07, 6.45) is 3.53. The van der Waals surface area contributed by atoms with Gasteiger partial charge in [0.1, 0.15) is 5.82 Å². The predicted octanol–water partition coefficient (Wildman–Crippen LogP) is 6.61. The molecule has 0 unspecified atom stereocenters. The van der Waals surface area contributed by atoms with E-state index in [2.05, 4.69) is 6.58 Å². The number of rotatable bonds is 5. The van der Waals surface area contributed by atoms with Crippen molar-refractivity contribution in [3.63, 3.8) is 0 Å². The highest BCUT2D eigenvalue weighted by Gasteiger charge is 2.19. The van der Waals surface area contributed by atoms with Gasteiger partial charge in [-0.05, 0) is 47.4 Å². The highest BCUT2D eigenvalue weighted by Crippen LogP contribution is 2.33. The first kappa shape index (κ1) is 17.3. The number of hydrogen-bond acceptors (Lipinski definition) is 0. The highest BCUT2D eigenvalue weighted by atomic mass is 19.2. The van der Waals surface area contributed by atoms with Gasteiger partial charge >= 0.3 is 0 Å². The number of hydrogen-bond donors (Lipinski definition) is 0. The van der Waals surface area contributed by atoms with Gasteiger partial charge in [0.15, 0.2) is 11.6 Å². The van der Waals surface area contributed by atoms with Gasteiger partial charge in [0.25, 0.3) is 0 Å². The molecule has 0 aliphatic rings. The van der Waals surface area contributed by atoms with E-state index in [-0.39, 0.29) is 10.9 Å². The third-order valence-electron chi connectivity index (χ3n) is 4.49. The van der Waals surface area contributed by atoms with Crippen LogP contribution in [0.15, 0.2) is 55.1 Å². The Kier molecular flexibility index (Phi) is 4.93. The molecule has 3 heteroatoms. The molecule has 0 N–H and O–H groups in total. The molecule has 0 nitrogen and oxygen atoms in total. The first-order valence-corrected chi connectivity index (χ1v) is 8.36. The van der Waals surface area contributed by atoms with E-state index in [0.29, 0.717) is 29.4 Å². The van der Waals surface area contributed by atoms with Crippen LogP contribution in [0.2, 0.25) is 0 Å². The van der Waals surface area contributed by atoms with Gasteiger partial charge in [0.05, 0.1) is 5.39 Å². The summed E-state index contributed by atoms with van der Waals surface area (Å²) >= 11 is 0. The number of benzene rings is 3. The molecule has 0 aliphatic carbocycles. The number of aryl methyl sites for hydroxylation is 2. The van der Waals surface area contributed by atoms with Crippen LogP contribution in [0.25, 0.3) is 21.9 Å². The average molecular weight is 340 g/mol. The van der Waals surface area contributed by atoms with Crippen LogP contribution in [0.4, 0.5) is 13.2 Å². The van der Waals surface area contributed by atoms with Gasteiger partial charge in [-0.15, -0.1) is 6.58 Å². The summed E-state index contributed by atoms with van der Waals surface area (Å²) in [6.45, 7) is 5.63. The quantitative estimate of drug-likeness (QED) is 0.459. The smallest absolute Gasteiger partial charge is 0.170 e. The second kappa shape index (κ2) is 7.14. The van der Waals surface area contributed by atoms with Gasteiger partial charge < -0.3 is 0 Å². The van der Waals surface area contributed by atoms with Crippen molar-refractivity contribution in [2.45, 2.75) is 26.2 Å². The second-order valence-corrected chi connectivity index (χ2v) is 6.07. The summed E-state index contributed by atoms with van der Waals surface area (Å²) < 4.78 is 43.8. The molecule has 3 aromatic carbocycles. The molecule has 0 saturated carbocycles. The van der Waals surface area contributed by atoms with Crippen LogP contribution >= 0.6 is 0 Å². The van der Waals surface area contributed by atoms with Crippen LogP contribution < -0.4 is 0 Å². The minimum absolute atomic E-state index is 0.144. The van der Waals surface area contributed by atoms with Crippen molar-refractivity contribution in [3.05, 3.63) is 83.7 Å². The van der Waals surface area contributed by atoms with Crippen molar-refractivity contribution in [2.75, 3.05) is 0 Å². The summed E-state index contributed by atoms with van der Waals surface area (Å²) in [5, 5.41) is 0.0707. The fourth-order valence-electron chi connectivity index (χ4n) is 3.01. The van der Waals surface area contributed by atoms with Crippen LogP contribution in [-0.4, -0.2) is 0 Å². The molecular weight excluding hydrogens is 321 g/mol.